The first-order valence-corrected chi connectivity index (χ1v) is 21.9. The second-order valence-corrected chi connectivity index (χ2v) is 16.0. The number of benzene rings is 11. The summed E-state index contributed by atoms with van der Waals surface area (Å²) in [4.78, 5) is 4.70. The minimum Gasteiger partial charge on any atom is -0.311 e. The van der Waals surface area contributed by atoms with Crippen molar-refractivity contribution < 1.29 is 0 Å². The van der Waals surface area contributed by atoms with Crippen molar-refractivity contribution in [1.29, 1.82) is 0 Å². The largest absolute Gasteiger partial charge is 0.311 e. The molecule has 0 N–H and O–H groups in total. The molecule has 11 rings (SSSR count). The van der Waals surface area contributed by atoms with Crippen LogP contribution >= 0.6 is 0 Å². The molecule has 0 aliphatic carbocycles. The molecule has 0 spiro atoms. The first-order chi connectivity index (χ1) is 31.8. The summed E-state index contributed by atoms with van der Waals surface area (Å²) in [6.45, 7) is 0. The standard InChI is InChI=1S/C62H44N2/c1-6-22-45(23-7-1)53-32-16-18-34-55(53)61-57-36-20-21-37-58(57)62(56-35-19-17-33-54(56)46-24-8-2-9-25-46)60-44-52(42-43-59(60)61)64(49-30-14-5-15-31-49)51-40-38-50(39-41-51)63(47-26-10-3-11-27-47)48-28-12-4-13-29-48/h1-44H. The van der Waals surface area contributed by atoms with Gasteiger partial charge in [-0.15, -0.1) is 0 Å². The molecule has 11 aromatic carbocycles. The summed E-state index contributed by atoms with van der Waals surface area (Å²) in [5.41, 5.74) is 16.2. The monoisotopic (exact) mass is 816 g/mol. The van der Waals surface area contributed by atoms with Crippen LogP contribution in [-0.4, -0.2) is 0 Å². The van der Waals surface area contributed by atoms with Crippen LogP contribution in [0.2, 0.25) is 0 Å². The van der Waals surface area contributed by atoms with E-state index in [4.69, 9.17) is 0 Å². The Labute approximate surface area is 375 Å². The van der Waals surface area contributed by atoms with Gasteiger partial charge in [0, 0.05) is 34.1 Å². The van der Waals surface area contributed by atoms with Gasteiger partial charge in [-0.2, -0.15) is 0 Å². The average molecular weight is 817 g/mol. The van der Waals surface area contributed by atoms with Crippen LogP contribution in [0.4, 0.5) is 34.1 Å². The molecule has 0 bridgehead atoms. The third-order valence-corrected chi connectivity index (χ3v) is 12.2. The minimum atomic E-state index is 1.07. The van der Waals surface area contributed by atoms with Crippen LogP contribution < -0.4 is 9.80 Å². The maximum Gasteiger partial charge on any atom is 0.0468 e. The SMILES string of the molecule is c1ccc(-c2ccccc2-c2c3ccccc3c(-c3ccccc3-c3ccccc3)c3cc(N(c4ccccc4)c4ccc(N(c5ccccc5)c5ccccc5)cc4)ccc23)cc1. The van der Waals surface area contributed by atoms with Gasteiger partial charge in [0.1, 0.15) is 0 Å². The zero-order chi connectivity index (χ0) is 42.7. The van der Waals surface area contributed by atoms with Crippen LogP contribution in [0.5, 0.6) is 0 Å². The van der Waals surface area contributed by atoms with E-state index in [0.29, 0.717) is 0 Å². The van der Waals surface area contributed by atoms with Gasteiger partial charge in [-0.05, 0) is 139 Å². The fraction of sp³-hybridized carbons (Fsp3) is 0. The van der Waals surface area contributed by atoms with E-state index in [1.807, 2.05) is 0 Å². The molecule has 0 amide bonds. The lowest BCUT2D eigenvalue weighted by Crippen LogP contribution is -2.12. The van der Waals surface area contributed by atoms with Crippen molar-refractivity contribution in [3.05, 3.63) is 267 Å². The van der Waals surface area contributed by atoms with Crippen molar-refractivity contribution in [2.24, 2.45) is 0 Å². The lowest BCUT2D eigenvalue weighted by atomic mass is 9.82. The fourth-order valence-corrected chi connectivity index (χ4v) is 9.40. The topological polar surface area (TPSA) is 6.48 Å². The molecule has 0 heterocycles. The van der Waals surface area contributed by atoms with Crippen LogP contribution in [-0.2, 0) is 0 Å². The van der Waals surface area contributed by atoms with Gasteiger partial charge in [-0.1, -0.05) is 194 Å². The van der Waals surface area contributed by atoms with Crippen molar-refractivity contribution >= 4 is 55.7 Å². The number of hydrogen-bond acceptors (Lipinski definition) is 2. The number of hydrogen-bond donors (Lipinski definition) is 0. The lowest BCUT2D eigenvalue weighted by molar-refractivity contribution is 1.26. The van der Waals surface area contributed by atoms with Gasteiger partial charge < -0.3 is 9.80 Å². The number of fused-ring (bicyclic) bond motifs is 2. The van der Waals surface area contributed by atoms with E-state index in [9.17, 15) is 0 Å². The molecule has 0 atom stereocenters. The third kappa shape index (κ3) is 7.17. The van der Waals surface area contributed by atoms with Crippen molar-refractivity contribution in [3.63, 3.8) is 0 Å². The second-order valence-electron chi connectivity index (χ2n) is 16.0. The highest BCUT2D eigenvalue weighted by Crippen LogP contribution is 2.50. The number of nitrogens with zero attached hydrogens (tertiary/aromatic N) is 2. The van der Waals surface area contributed by atoms with Crippen LogP contribution in [0.25, 0.3) is 66.1 Å². The highest BCUT2D eigenvalue weighted by molar-refractivity contribution is 6.24. The Hall–Kier alpha value is -8.46. The fourth-order valence-electron chi connectivity index (χ4n) is 9.40. The van der Waals surface area contributed by atoms with E-state index in [0.717, 1.165) is 34.1 Å². The first-order valence-electron chi connectivity index (χ1n) is 21.9. The van der Waals surface area contributed by atoms with E-state index in [1.54, 1.807) is 0 Å². The van der Waals surface area contributed by atoms with E-state index in [2.05, 4.69) is 277 Å². The van der Waals surface area contributed by atoms with Gasteiger partial charge in [-0.25, -0.2) is 0 Å². The van der Waals surface area contributed by atoms with Gasteiger partial charge in [0.2, 0.25) is 0 Å². The second kappa shape index (κ2) is 17.1. The van der Waals surface area contributed by atoms with E-state index >= 15 is 0 Å². The Bertz CT molecular complexity index is 3310. The third-order valence-electron chi connectivity index (χ3n) is 12.2. The molecule has 2 heteroatoms. The normalized spacial score (nSPS) is 11.1. The molecular weight excluding hydrogens is 773 g/mol. The van der Waals surface area contributed by atoms with Crippen molar-refractivity contribution in [2.75, 3.05) is 9.80 Å². The molecule has 0 aliphatic heterocycles. The van der Waals surface area contributed by atoms with Crippen LogP contribution in [0.3, 0.4) is 0 Å². The summed E-state index contributed by atoms with van der Waals surface area (Å²) in [7, 11) is 0. The van der Waals surface area contributed by atoms with Gasteiger partial charge in [-0.3, -0.25) is 0 Å². The number of para-hydroxylation sites is 3. The maximum atomic E-state index is 2.43. The van der Waals surface area contributed by atoms with E-state index in [1.165, 1.54) is 66.1 Å². The quantitative estimate of drug-likeness (QED) is 0.127. The van der Waals surface area contributed by atoms with Crippen LogP contribution in [0.15, 0.2) is 267 Å². The Morgan fingerprint density at radius 2 is 0.469 bits per heavy atom. The molecule has 2 nitrogen and oxygen atoms in total. The van der Waals surface area contributed by atoms with Crippen LogP contribution in [0.1, 0.15) is 0 Å². The highest BCUT2D eigenvalue weighted by atomic mass is 15.2. The Morgan fingerprint density at radius 1 is 0.188 bits per heavy atom. The molecule has 11 aromatic rings. The van der Waals surface area contributed by atoms with E-state index < -0.39 is 0 Å². The molecule has 0 radical (unpaired) electrons. The van der Waals surface area contributed by atoms with Crippen molar-refractivity contribution in [2.45, 2.75) is 0 Å². The molecule has 0 saturated carbocycles. The Morgan fingerprint density at radius 3 is 0.891 bits per heavy atom. The van der Waals surface area contributed by atoms with Crippen molar-refractivity contribution in [1.82, 2.24) is 0 Å². The summed E-state index contributed by atoms with van der Waals surface area (Å²) < 4.78 is 0. The number of rotatable bonds is 10. The first kappa shape index (κ1) is 38.5. The van der Waals surface area contributed by atoms with Gasteiger partial charge >= 0.3 is 0 Å². The molecule has 0 aromatic heterocycles. The van der Waals surface area contributed by atoms with Crippen molar-refractivity contribution in [3.8, 4) is 44.5 Å². The average Bonchev–Trinajstić information content (AvgIpc) is 3.38. The highest BCUT2D eigenvalue weighted by Gasteiger charge is 2.23. The van der Waals surface area contributed by atoms with Crippen LogP contribution in [0, 0.1) is 0 Å². The Kier molecular flexibility index (Phi) is 10.3. The molecule has 0 fully saturated rings. The predicted molar refractivity (Wildman–Crippen MR) is 273 cm³/mol. The maximum absolute atomic E-state index is 2.43. The summed E-state index contributed by atoms with van der Waals surface area (Å²) in [5.74, 6) is 0. The smallest absolute Gasteiger partial charge is 0.0468 e. The summed E-state index contributed by atoms with van der Waals surface area (Å²) in [6.07, 6.45) is 0. The molecule has 0 saturated heterocycles. The number of anilines is 6. The molecule has 0 aliphatic rings. The zero-order valence-corrected chi connectivity index (χ0v) is 35.3. The molecule has 0 unspecified atom stereocenters. The summed E-state index contributed by atoms with van der Waals surface area (Å²) >= 11 is 0. The molecular formula is C62H44N2. The summed E-state index contributed by atoms with van der Waals surface area (Å²) in [5, 5.41) is 4.83. The summed E-state index contributed by atoms with van der Waals surface area (Å²) in [6, 6.07) is 96.3. The van der Waals surface area contributed by atoms with Gasteiger partial charge in [0.25, 0.3) is 0 Å². The van der Waals surface area contributed by atoms with E-state index in [-0.39, 0.29) is 0 Å². The van der Waals surface area contributed by atoms with Gasteiger partial charge in [0.05, 0.1) is 0 Å². The lowest BCUT2D eigenvalue weighted by Gasteiger charge is -2.29. The minimum absolute atomic E-state index is 1.07. The Balaban J connectivity index is 1.17. The predicted octanol–water partition coefficient (Wildman–Crippen LogP) is 17.6. The molecule has 302 valence electrons. The zero-order valence-electron chi connectivity index (χ0n) is 35.3. The van der Waals surface area contributed by atoms with Gasteiger partial charge in [0.15, 0.2) is 0 Å². The molecule has 64 heavy (non-hydrogen) atoms.